The van der Waals surface area contributed by atoms with Crippen LogP contribution in [0.1, 0.15) is 28.4 Å². The van der Waals surface area contributed by atoms with Crippen LogP contribution in [0.2, 0.25) is 0 Å². The van der Waals surface area contributed by atoms with Gasteiger partial charge in [0.1, 0.15) is 11.7 Å². The van der Waals surface area contributed by atoms with E-state index in [0.29, 0.717) is 12.1 Å². The first-order chi connectivity index (χ1) is 9.90. The third-order valence-corrected chi connectivity index (χ3v) is 3.61. The van der Waals surface area contributed by atoms with E-state index in [4.69, 9.17) is 15.3 Å². The van der Waals surface area contributed by atoms with Crippen molar-refractivity contribution in [3.05, 3.63) is 29.6 Å². The Balaban J connectivity index is 2.26. The largest absolute Gasteiger partial charge is 0.481 e. The van der Waals surface area contributed by atoms with Gasteiger partial charge in [0.05, 0.1) is 6.42 Å². The van der Waals surface area contributed by atoms with E-state index in [1.165, 1.54) is 12.3 Å². The van der Waals surface area contributed by atoms with Crippen LogP contribution in [0.15, 0.2) is 18.3 Å². The van der Waals surface area contributed by atoms with Crippen molar-refractivity contribution in [1.29, 1.82) is 0 Å². The van der Waals surface area contributed by atoms with Gasteiger partial charge in [-0.3, -0.25) is 9.59 Å². The number of nitrogens with one attached hydrogen (secondary N) is 1. The number of hydrogen-bond acceptors (Lipinski definition) is 5. The van der Waals surface area contributed by atoms with Crippen molar-refractivity contribution in [2.24, 2.45) is 5.92 Å². The fourth-order valence-corrected chi connectivity index (χ4v) is 2.64. The molecule has 1 saturated heterocycles. The fraction of sp³-hybridized carbons (Fsp3) is 0.385. The molecule has 1 aliphatic heterocycles. The monoisotopic (exact) mass is 294 g/mol. The minimum absolute atomic E-state index is 0.116. The van der Waals surface area contributed by atoms with Crippen molar-refractivity contribution >= 4 is 17.9 Å². The molecular formula is C13H14N2O6. The topological polar surface area (TPSA) is 137 Å². The summed E-state index contributed by atoms with van der Waals surface area (Å²) >= 11 is 0. The summed E-state index contributed by atoms with van der Waals surface area (Å²) in [7, 11) is 0. The minimum Gasteiger partial charge on any atom is -0.481 e. The summed E-state index contributed by atoms with van der Waals surface area (Å²) in [5.74, 6) is -4.28. The van der Waals surface area contributed by atoms with Gasteiger partial charge in [0.2, 0.25) is 0 Å². The Morgan fingerprint density at radius 3 is 2.43 bits per heavy atom. The predicted octanol–water partition coefficient (Wildman–Crippen LogP) is 0.0107. The predicted molar refractivity (Wildman–Crippen MR) is 69.1 cm³/mol. The maximum atomic E-state index is 11.2. The molecule has 0 amide bonds. The van der Waals surface area contributed by atoms with Gasteiger partial charge in [-0.15, -0.1) is 0 Å². The quantitative estimate of drug-likeness (QED) is 0.596. The van der Waals surface area contributed by atoms with E-state index < -0.39 is 29.9 Å². The lowest BCUT2D eigenvalue weighted by Crippen LogP contribution is -2.36. The molecule has 8 heteroatoms. The SMILES string of the molecule is O=C(O)C[C@@H]1[C@@H](C(=O)O)NC[C@H]1c1ccc(C(=O)O)nc1. The van der Waals surface area contributed by atoms with Gasteiger partial charge in [0, 0.05) is 24.6 Å². The van der Waals surface area contributed by atoms with Crippen LogP contribution in [0.5, 0.6) is 0 Å². The smallest absolute Gasteiger partial charge is 0.354 e. The van der Waals surface area contributed by atoms with E-state index in [1.807, 2.05) is 0 Å². The average molecular weight is 294 g/mol. The van der Waals surface area contributed by atoms with E-state index in [0.717, 1.165) is 0 Å². The third kappa shape index (κ3) is 3.16. The second kappa shape index (κ2) is 5.88. The van der Waals surface area contributed by atoms with Gasteiger partial charge in [-0.25, -0.2) is 9.78 Å². The van der Waals surface area contributed by atoms with Crippen molar-refractivity contribution in [2.75, 3.05) is 6.54 Å². The summed E-state index contributed by atoms with van der Waals surface area (Å²) in [4.78, 5) is 36.6. The van der Waals surface area contributed by atoms with Gasteiger partial charge in [0.25, 0.3) is 0 Å². The van der Waals surface area contributed by atoms with Crippen molar-refractivity contribution < 1.29 is 29.7 Å². The summed E-state index contributed by atoms with van der Waals surface area (Å²) in [6.45, 7) is 0.309. The maximum Gasteiger partial charge on any atom is 0.354 e. The van der Waals surface area contributed by atoms with Crippen LogP contribution in [-0.2, 0) is 9.59 Å². The molecular weight excluding hydrogens is 280 g/mol. The number of aliphatic carboxylic acids is 2. The lowest BCUT2D eigenvalue weighted by atomic mass is 9.83. The first-order valence-electron chi connectivity index (χ1n) is 6.27. The number of hydrogen-bond donors (Lipinski definition) is 4. The highest BCUT2D eigenvalue weighted by Crippen LogP contribution is 2.34. The second-order valence-electron chi connectivity index (χ2n) is 4.87. The van der Waals surface area contributed by atoms with Crippen LogP contribution in [0.25, 0.3) is 0 Å². The van der Waals surface area contributed by atoms with Crippen LogP contribution in [0, 0.1) is 5.92 Å². The molecule has 1 fully saturated rings. The number of carboxylic acid groups (broad SMARTS) is 3. The number of pyridine rings is 1. The molecule has 3 atom stereocenters. The van der Waals surface area contributed by atoms with E-state index in [9.17, 15) is 14.4 Å². The molecule has 8 nitrogen and oxygen atoms in total. The Morgan fingerprint density at radius 1 is 1.24 bits per heavy atom. The molecule has 0 aliphatic carbocycles. The van der Waals surface area contributed by atoms with Crippen LogP contribution in [-0.4, -0.2) is 50.8 Å². The number of carbonyl (C=O) groups is 3. The Kier molecular flexibility index (Phi) is 4.18. The van der Waals surface area contributed by atoms with Gasteiger partial charge in [0.15, 0.2) is 0 Å². The first-order valence-corrected chi connectivity index (χ1v) is 6.27. The standard InChI is InChI=1S/C13H14N2O6/c16-10(17)3-7-8(5-15-11(7)13(20)21)6-1-2-9(12(18)19)14-4-6/h1-2,4,7-8,11,15H,3,5H2,(H,16,17)(H,18,19)(H,20,21)/t7-,8-,11-/m0/s1. The fourth-order valence-electron chi connectivity index (χ4n) is 2.64. The highest BCUT2D eigenvalue weighted by atomic mass is 16.4. The van der Waals surface area contributed by atoms with Crippen LogP contribution in [0.3, 0.4) is 0 Å². The lowest BCUT2D eigenvalue weighted by Gasteiger charge is -2.20. The molecule has 0 bridgehead atoms. The molecule has 21 heavy (non-hydrogen) atoms. The molecule has 0 spiro atoms. The Hall–Kier alpha value is -2.48. The van der Waals surface area contributed by atoms with Gasteiger partial charge in [-0.1, -0.05) is 6.07 Å². The van der Waals surface area contributed by atoms with E-state index >= 15 is 0 Å². The van der Waals surface area contributed by atoms with Gasteiger partial charge in [-0.05, 0) is 11.6 Å². The molecule has 112 valence electrons. The minimum atomic E-state index is -1.16. The highest BCUT2D eigenvalue weighted by molar-refractivity contribution is 5.85. The molecule has 0 radical (unpaired) electrons. The Labute approximate surface area is 119 Å². The Morgan fingerprint density at radius 2 is 1.95 bits per heavy atom. The molecule has 0 unspecified atom stereocenters. The zero-order chi connectivity index (χ0) is 15.6. The highest BCUT2D eigenvalue weighted by Gasteiger charge is 2.42. The maximum absolute atomic E-state index is 11.2. The number of aromatic nitrogens is 1. The summed E-state index contributed by atoms with van der Waals surface area (Å²) in [5.41, 5.74) is 0.511. The molecule has 1 aromatic heterocycles. The second-order valence-corrected chi connectivity index (χ2v) is 4.87. The number of aromatic carboxylic acids is 1. The van der Waals surface area contributed by atoms with Crippen LogP contribution in [0.4, 0.5) is 0 Å². The van der Waals surface area contributed by atoms with Crippen LogP contribution < -0.4 is 5.32 Å². The summed E-state index contributed by atoms with van der Waals surface area (Å²) in [5, 5.41) is 29.7. The third-order valence-electron chi connectivity index (χ3n) is 3.61. The van der Waals surface area contributed by atoms with Crippen LogP contribution >= 0.6 is 0 Å². The van der Waals surface area contributed by atoms with Gasteiger partial charge < -0.3 is 20.6 Å². The molecule has 0 saturated carbocycles. The zero-order valence-electron chi connectivity index (χ0n) is 10.9. The number of carboxylic acids is 3. The molecule has 1 aromatic rings. The molecule has 2 heterocycles. The van der Waals surface area contributed by atoms with Gasteiger partial charge in [-0.2, -0.15) is 0 Å². The average Bonchev–Trinajstić information content (AvgIpc) is 2.81. The molecule has 0 aromatic carbocycles. The first kappa shape index (κ1) is 14.9. The zero-order valence-corrected chi connectivity index (χ0v) is 10.9. The van der Waals surface area contributed by atoms with Crippen molar-refractivity contribution in [3.8, 4) is 0 Å². The number of rotatable bonds is 5. The van der Waals surface area contributed by atoms with Crippen molar-refractivity contribution in [2.45, 2.75) is 18.4 Å². The molecule has 2 rings (SSSR count). The van der Waals surface area contributed by atoms with E-state index in [1.54, 1.807) is 6.07 Å². The lowest BCUT2D eigenvalue weighted by molar-refractivity contribution is -0.142. The number of nitrogens with zero attached hydrogens (tertiary/aromatic N) is 1. The normalized spacial score (nSPS) is 24.7. The van der Waals surface area contributed by atoms with Crippen molar-refractivity contribution in [3.63, 3.8) is 0 Å². The summed E-state index contributed by atoms with van der Waals surface area (Å²) < 4.78 is 0. The Bertz CT molecular complexity index is 571. The van der Waals surface area contributed by atoms with E-state index in [2.05, 4.69) is 10.3 Å². The van der Waals surface area contributed by atoms with Crippen molar-refractivity contribution in [1.82, 2.24) is 10.3 Å². The van der Waals surface area contributed by atoms with Gasteiger partial charge >= 0.3 is 17.9 Å². The molecule has 1 aliphatic rings. The van der Waals surface area contributed by atoms with E-state index in [-0.39, 0.29) is 18.0 Å². The summed E-state index contributed by atoms with van der Waals surface area (Å²) in [6.07, 6.45) is 1.07. The molecule has 4 N–H and O–H groups in total. The summed E-state index contributed by atoms with van der Waals surface area (Å²) in [6, 6.07) is 1.93.